The van der Waals surface area contributed by atoms with Gasteiger partial charge in [0.15, 0.2) is 0 Å². The van der Waals surface area contributed by atoms with Crippen molar-refractivity contribution >= 4 is 3.21 Å². The monoisotopic (exact) mass is 888 g/mol. The molecule has 2 aromatic rings. The van der Waals surface area contributed by atoms with Crippen molar-refractivity contribution in [1.29, 1.82) is 0 Å². The van der Waals surface area contributed by atoms with E-state index in [1.54, 1.807) is 0 Å². The summed E-state index contributed by atoms with van der Waals surface area (Å²) >= 11 is 1.46. The van der Waals surface area contributed by atoms with E-state index in [1.165, 1.54) is 67.3 Å². The van der Waals surface area contributed by atoms with Crippen LogP contribution in [0.15, 0.2) is 139 Å². The first-order chi connectivity index (χ1) is 26.1. The maximum atomic E-state index is 3.35. The summed E-state index contributed by atoms with van der Waals surface area (Å²) in [6.45, 7) is 33.5. The molecular formula is C55H68Cl2Zr-2. The molecule has 0 amide bonds. The van der Waals surface area contributed by atoms with Crippen molar-refractivity contribution < 1.29 is 49.0 Å². The van der Waals surface area contributed by atoms with E-state index in [9.17, 15) is 0 Å². The number of halogens is 2. The van der Waals surface area contributed by atoms with Gasteiger partial charge in [0.1, 0.15) is 0 Å². The first-order valence-corrected chi connectivity index (χ1v) is 22.3. The fraction of sp³-hybridized carbons (Fsp3) is 0.455. The van der Waals surface area contributed by atoms with Crippen molar-refractivity contribution in [2.24, 2.45) is 55.2 Å². The Kier molecular flexibility index (Phi) is 14.1. The Morgan fingerprint density at radius 1 is 0.672 bits per heavy atom. The van der Waals surface area contributed by atoms with E-state index >= 15 is 0 Å². The van der Waals surface area contributed by atoms with Gasteiger partial charge in [-0.2, -0.15) is 11.6 Å². The van der Waals surface area contributed by atoms with Crippen LogP contribution in [0.25, 0.3) is 0 Å². The molecule has 9 atom stereocenters. The zero-order chi connectivity index (χ0) is 41.2. The van der Waals surface area contributed by atoms with Crippen molar-refractivity contribution in [3.8, 4) is 0 Å². The number of hydrogen-bond donors (Lipinski definition) is 0. The molecule has 2 aromatic carbocycles. The molecule has 0 radical (unpaired) electrons. The molecule has 0 N–H and O–H groups in total. The van der Waals surface area contributed by atoms with Gasteiger partial charge in [-0.1, -0.05) is 160 Å². The molecule has 0 aliphatic heterocycles. The summed E-state index contributed by atoms with van der Waals surface area (Å²) in [6, 6.07) is 17.5. The van der Waals surface area contributed by atoms with Gasteiger partial charge >= 0.3 is 112 Å². The molecule has 2 saturated carbocycles. The molecule has 0 spiro atoms. The van der Waals surface area contributed by atoms with Crippen molar-refractivity contribution in [3.05, 3.63) is 173 Å². The second kappa shape index (κ2) is 16.9. The third-order valence-corrected chi connectivity index (χ3v) is 18.3. The smallest absolute Gasteiger partial charge is 1.00 e. The van der Waals surface area contributed by atoms with Crippen LogP contribution in [-0.4, -0.2) is 3.21 Å². The maximum absolute atomic E-state index is 3.35. The van der Waals surface area contributed by atoms with Crippen LogP contribution in [0.5, 0.6) is 0 Å². The van der Waals surface area contributed by atoms with Crippen LogP contribution in [0.1, 0.15) is 112 Å². The van der Waals surface area contributed by atoms with Crippen LogP contribution in [0.4, 0.5) is 0 Å². The molecule has 0 heterocycles. The minimum Gasteiger partial charge on any atom is -1.00 e. The largest absolute Gasteiger partial charge is 1.00 e. The summed E-state index contributed by atoms with van der Waals surface area (Å²) < 4.78 is 1.42. The SMILES string of the molecule is CC1=CC=CC2[CH-]C3(C)C4(C)C=CC=CC4(C)C4(C)C=CC=CC4(C)C3(C)C12C.CCC1[C-]=CC(C(C)(C)C)=C1.Cc1ccc([C](=[Zr+2])c2ccc(C)cc2)cc1.[Cl-].[Cl-]. The Hall–Kier alpha value is -2.31. The fourth-order valence-electron chi connectivity index (χ4n) is 12.1. The van der Waals surface area contributed by atoms with Gasteiger partial charge in [-0.25, -0.2) is 6.08 Å². The summed E-state index contributed by atoms with van der Waals surface area (Å²) in [5.74, 6) is 1.03. The normalized spacial score (nSPS) is 36.9. The molecule has 6 aliphatic rings. The Morgan fingerprint density at radius 2 is 1.12 bits per heavy atom. The minimum absolute atomic E-state index is 0. The number of allylic oxidation sites excluding steroid dienone is 16. The van der Waals surface area contributed by atoms with Crippen LogP contribution >= 0.6 is 0 Å². The van der Waals surface area contributed by atoms with Crippen LogP contribution in [0, 0.1) is 81.5 Å². The van der Waals surface area contributed by atoms with Crippen LogP contribution in [0.2, 0.25) is 0 Å². The van der Waals surface area contributed by atoms with Crippen LogP contribution < -0.4 is 24.8 Å². The van der Waals surface area contributed by atoms with Crippen LogP contribution in [0.3, 0.4) is 0 Å². The Bertz CT molecular complexity index is 2050. The molecule has 0 aromatic heterocycles. The maximum Gasteiger partial charge on any atom is -1.00 e. The zero-order valence-electron chi connectivity index (χ0n) is 37.8. The molecule has 0 bridgehead atoms. The van der Waals surface area contributed by atoms with Crippen molar-refractivity contribution in [2.75, 3.05) is 0 Å². The minimum atomic E-state index is 0. The molecule has 2 fully saturated rings. The first-order valence-electron chi connectivity index (χ1n) is 21.1. The number of hydrogen-bond acceptors (Lipinski definition) is 0. The summed E-state index contributed by atoms with van der Waals surface area (Å²) in [7, 11) is 0. The summed E-state index contributed by atoms with van der Waals surface area (Å²) in [4.78, 5) is 0. The van der Waals surface area contributed by atoms with Gasteiger partial charge in [0, 0.05) is 10.8 Å². The van der Waals surface area contributed by atoms with E-state index < -0.39 is 0 Å². The van der Waals surface area contributed by atoms with E-state index in [1.807, 2.05) is 0 Å². The topological polar surface area (TPSA) is 0 Å². The fourth-order valence-corrected chi connectivity index (χ4v) is 12.9. The predicted octanol–water partition coefficient (Wildman–Crippen LogP) is 8.43. The molecule has 0 saturated heterocycles. The predicted molar refractivity (Wildman–Crippen MR) is 239 cm³/mol. The third kappa shape index (κ3) is 6.93. The van der Waals surface area contributed by atoms with E-state index in [0.717, 1.165) is 0 Å². The molecule has 0 nitrogen and oxygen atoms in total. The van der Waals surface area contributed by atoms with E-state index in [2.05, 4.69) is 237 Å². The molecule has 3 heteroatoms. The van der Waals surface area contributed by atoms with Crippen molar-refractivity contribution in [3.63, 3.8) is 0 Å². The average molecular weight is 891 g/mol. The summed E-state index contributed by atoms with van der Waals surface area (Å²) in [5, 5.41) is 0. The quantitative estimate of drug-likeness (QED) is 0.272. The molecule has 8 rings (SSSR count). The molecule has 308 valence electrons. The Balaban J connectivity index is 0.000000217. The molecular weight excluding hydrogens is 823 g/mol. The second-order valence-electron chi connectivity index (χ2n) is 20.0. The number of rotatable bonds is 3. The van der Waals surface area contributed by atoms with E-state index in [-0.39, 0.29) is 62.7 Å². The van der Waals surface area contributed by atoms with Gasteiger partial charge in [-0.15, -0.1) is 17.4 Å². The van der Waals surface area contributed by atoms with Gasteiger partial charge in [-0.3, -0.25) is 6.08 Å². The van der Waals surface area contributed by atoms with E-state index in [4.69, 9.17) is 0 Å². The second-order valence-corrected chi connectivity index (χ2v) is 21.2. The Labute approximate surface area is 381 Å². The Morgan fingerprint density at radius 3 is 1.55 bits per heavy atom. The average Bonchev–Trinajstić information content (AvgIpc) is 3.73. The molecule has 58 heavy (non-hydrogen) atoms. The molecule has 9 unspecified atom stereocenters. The van der Waals surface area contributed by atoms with Crippen molar-refractivity contribution in [1.82, 2.24) is 0 Å². The van der Waals surface area contributed by atoms with Crippen molar-refractivity contribution in [2.45, 2.75) is 103 Å². The van der Waals surface area contributed by atoms with Gasteiger partial charge < -0.3 is 31.2 Å². The van der Waals surface area contributed by atoms with Gasteiger partial charge in [0.2, 0.25) is 0 Å². The summed E-state index contributed by atoms with van der Waals surface area (Å²) in [5.41, 5.74) is 8.78. The van der Waals surface area contributed by atoms with Gasteiger partial charge in [-0.05, 0) is 28.6 Å². The summed E-state index contributed by atoms with van der Waals surface area (Å²) in [6.07, 6.45) is 38.3. The zero-order valence-corrected chi connectivity index (χ0v) is 41.8. The van der Waals surface area contributed by atoms with Gasteiger partial charge in [0.25, 0.3) is 0 Å². The van der Waals surface area contributed by atoms with E-state index in [0.29, 0.717) is 17.3 Å². The number of benzene rings is 2. The number of fused-ring (bicyclic) bond motifs is 8. The number of aryl methyl sites for hydroxylation is 2. The standard InChI is InChI=1S/C29H37.C15H14.C11H17.2ClH.Zr/c1-21-14-13-15-22-20-27(6)25(4)18-10-9-16-23(25,2)24(3)17-11-12-19-26(24,5)29(27,8)28(21,22)7;1-12-3-7-14(8-4-12)11-15-9-5-13(2)6-10-15;1-5-9-6-7-10(8-9)11(2,3)4;;;/h9-20,22H,1-8H3;3-10H,1-2H3;7-9H,5H2,1-4H3;2*1H;/q-1;;-1;;;+2/p-2. The molecule has 6 aliphatic carbocycles. The third-order valence-electron chi connectivity index (χ3n) is 16.9. The van der Waals surface area contributed by atoms with Crippen LogP contribution in [-0.2, 0) is 24.2 Å². The first kappa shape index (κ1) is 48.4. The van der Waals surface area contributed by atoms with Gasteiger partial charge in [0.05, 0.1) is 0 Å².